The van der Waals surface area contributed by atoms with Crippen LogP contribution in [0.1, 0.15) is 77.2 Å². The fourth-order valence-corrected chi connectivity index (χ4v) is 12.7. The van der Waals surface area contributed by atoms with Crippen molar-refractivity contribution in [2.24, 2.45) is 17.3 Å². The molecule has 3 saturated heterocycles. The predicted octanol–water partition coefficient (Wildman–Crippen LogP) is 5.64. The Hall–Kier alpha value is -0.830. The van der Waals surface area contributed by atoms with E-state index in [1.54, 1.807) is 6.07 Å². The van der Waals surface area contributed by atoms with E-state index in [0.29, 0.717) is 24.6 Å². The molecular weight excluding hydrogens is 510 g/mol. The summed E-state index contributed by atoms with van der Waals surface area (Å²) in [4.78, 5) is 16.7. The van der Waals surface area contributed by atoms with Crippen LogP contribution in [0, 0.1) is 28.9 Å². The summed E-state index contributed by atoms with van der Waals surface area (Å²) in [6.45, 7) is 7.60. The second-order valence-corrected chi connectivity index (χ2v) is 16.7. The van der Waals surface area contributed by atoms with Crippen molar-refractivity contribution in [3.8, 4) is 0 Å². The summed E-state index contributed by atoms with van der Waals surface area (Å²) < 4.78 is 43.5. The first-order valence-corrected chi connectivity index (χ1v) is 17.5. The van der Waals surface area contributed by atoms with E-state index >= 15 is 0 Å². The number of rotatable bonds is 5. The largest absolute Gasteiger partial charge is 0.617 e. The lowest BCUT2D eigenvalue weighted by Crippen LogP contribution is -2.53. The van der Waals surface area contributed by atoms with Crippen LogP contribution >= 0.6 is 11.1 Å². The molecule has 1 aliphatic carbocycles. The molecule has 1 saturated carbocycles. The normalized spacial score (nSPS) is 35.2. The van der Waals surface area contributed by atoms with Crippen molar-refractivity contribution < 1.29 is 18.1 Å². The van der Waals surface area contributed by atoms with Gasteiger partial charge in [-0.05, 0) is 69.8 Å². The number of benzene rings is 1. The fraction of sp³-hybridized carbons (Fsp3) is 0.759. The molecule has 6 atom stereocenters. The molecule has 0 N–H and O–H groups in total. The lowest BCUT2D eigenvalue weighted by molar-refractivity contribution is -0.132. The van der Waals surface area contributed by atoms with Crippen LogP contribution in [0.4, 0.5) is 8.78 Å². The zero-order valence-electron chi connectivity index (χ0n) is 22.8. The molecule has 1 aromatic rings. The Morgan fingerprint density at radius 2 is 1.89 bits per heavy atom. The van der Waals surface area contributed by atoms with Gasteiger partial charge in [0, 0.05) is 47.8 Å². The maximum absolute atomic E-state index is 15.0. The van der Waals surface area contributed by atoms with E-state index in [1.165, 1.54) is 38.2 Å². The van der Waals surface area contributed by atoms with Gasteiger partial charge in [-0.1, -0.05) is 36.5 Å². The van der Waals surface area contributed by atoms with Gasteiger partial charge in [-0.3, -0.25) is 9.69 Å². The van der Waals surface area contributed by atoms with Gasteiger partial charge < -0.3 is 8.86 Å². The Balaban J connectivity index is 1.42. The number of halogens is 2. The summed E-state index contributed by atoms with van der Waals surface area (Å²) in [5, 5.41) is 0. The molecule has 5 unspecified atom stereocenters. The van der Waals surface area contributed by atoms with Crippen LogP contribution in [0.25, 0.3) is 0 Å². The minimum Gasteiger partial charge on any atom is -0.617 e. The van der Waals surface area contributed by atoms with Crippen molar-refractivity contribution in [2.45, 2.75) is 83.2 Å². The minimum atomic E-state index is -0.852. The summed E-state index contributed by atoms with van der Waals surface area (Å²) in [5.74, 6) is 1.90. The molecule has 3 heterocycles. The lowest BCUT2D eigenvalue weighted by Gasteiger charge is -2.52. The Morgan fingerprint density at radius 3 is 2.51 bits per heavy atom. The third kappa shape index (κ3) is 5.46. The third-order valence-corrected chi connectivity index (χ3v) is 13.5. The summed E-state index contributed by atoms with van der Waals surface area (Å²) >= 11 is -1.48. The van der Waals surface area contributed by atoms with Crippen molar-refractivity contribution in [3.05, 3.63) is 35.4 Å². The van der Waals surface area contributed by atoms with Gasteiger partial charge in [0.25, 0.3) is 0 Å². The Labute approximate surface area is 227 Å². The van der Waals surface area contributed by atoms with E-state index < -0.39 is 33.9 Å². The molecule has 5 rings (SSSR count). The monoisotopic (exact) mass is 554 g/mol. The highest BCUT2D eigenvalue weighted by Gasteiger charge is 2.55. The molecule has 0 spiro atoms. The van der Waals surface area contributed by atoms with Crippen molar-refractivity contribution in [2.75, 3.05) is 36.6 Å². The van der Waals surface area contributed by atoms with Crippen molar-refractivity contribution >= 4 is 28.2 Å². The van der Waals surface area contributed by atoms with Crippen LogP contribution < -0.4 is 0 Å². The number of nitrogens with zero attached hydrogens (tertiary/aromatic N) is 2. The topological polar surface area (TPSA) is 46.6 Å². The highest BCUT2D eigenvalue weighted by atomic mass is 32.2. The molecule has 37 heavy (non-hydrogen) atoms. The van der Waals surface area contributed by atoms with Gasteiger partial charge in [-0.25, -0.2) is 8.78 Å². The predicted molar refractivity (Wildman–Crippen MR) is 150 cm³/mol. The van der Waals surface area contributed by atoms with Crippen LogP contribution in [0.2, 0.25) is 0 Å². The van der Waals surface area contributed by atoms with E-state index in [1.807, 2.05) is 6.26 Å². The van der Waals surface area contributed by atoms with E-state index in [9.17, 15) is 18.1 Å². The van der Waals surface area contributed by atoms with Gasteiger partial charge in [0.05, 0.1) is 12.2 Å². The first-order valence-electron chi connectivity index (χ1n) is 14.1. The summed E-state index contributed by atoms with van der Waals surface area (Å²) in [7, 11) is 0. The quantitative estimate of drug-likeness (QED) is 0.378. The van der Waals surface area contributed by atoms with E-state index in [-0.39, 0.29) is 34.7 Å². The summed E-state index contributed by atoms with van der Waals surface area (Å²) in [6.07, 6.45) is 10.1. The van der Waals surface area contributed by atoms with Gasteiger partial charge in [-0.2, -0.15) is 11.1 Å². The molecule has 0 radical (unpaired) electrons. The highest BCUT2D eigenvalue weighted by molar-refractivity contribution is 8.15. The standard InChI is InChI=1S/C29H44F2N2O2S2/c1-28(2,3)32-16-24(23-11-10-21(30)14-26(23)31)25(17-32)27(34)33-22-12-13-37(33)19-29(15-22,18-36(4)35)20-8-6-5-7-9-20/h10-11,14,20,22,24-25,37H,5-9,12-13,15-19H2,1-4H3/t22?,24?,25-,29?,36?/m1/s1. The Morgan fingerprint density at radius 1 is 1.16 bits per heavy atom. The van der Waals surface area contributed by atoms with Gasteiger partial charge >= 0.3 is 0 Å². The van der Waals surface area contributed by atoms with Crippen LogP contribution in [-0.4, -0.2) is 67.8 Å². The number of likely N-dealkylation sites (tertiary alicyclic amines) is 1. The average molecular weight is 555 g/mol. The van der Waals surface area contributed by atoms with Crippen LogP contribution in [-0.2, 0) is 16.0 Å². The zero-order chi connectivity index (χ0) is 26.5. The van der Waals surface area contributed by atoms with Gasteiger partial charge in [0.1, 0.15) is 17.4 Å². The number of thiol groups is 1. The van der Waals surface area contributed by atoms with Crippen molar-refractivity contribution in [3.63, 3.8) is 0 Å². The molecular formula is C29H44F2N2O2S2. The van der Waals surface area contributed by atoms with Gasteiger partial charge in [0.2, 0.25) is 5.91 Å². The third-order valence-electron chi connectivity index (χ3n) is 9.65. The van der Waals surface area contributed by atoms with E-state index in [0.717, 1.165) is 36.2 Å². The first kappa shape index (κ1) is 27.7. The van der Waals surface area contributed by atoms with Crippen LogP contribution in [0.15, 0.2) is 18.2 Å². The summed E-state index contributed by atoms with van der Waals surface area (Å²) in [5.41, 5.74) is 0.415. The molecule has 4 nitrogen and oxygen atoms in total. The number of carbonyl (C=O) groups excluding carboxylic acids is 1. The van der Waals surface area contributed by atoms with Crippen molar-refractivity contribution in [1.29, 1.82) is 0 Å². The SMILES string of the molecule is C[S+]([O-])CC1(C2CCCCC2)CC2CC[SH](C1)N2C(=O)[C@@H]1CN(C(C)(C)C)CC1c1ccc(F)cc1F. The molecule has 3 aliphatic heterocycles. The van der Waals surface area contributed by atoms with E-state index in [4.69, 9.17) is 0 Å². The Kier molecular flexibility index (Phi) is 7.96. The smallest absolute Gasteiger partial charge is 0.236 e. The molecule has 1 aromatic carbocycles. The minimum absolute atomic E-state index is 0.0965. The van der Waals surface area contributed by atoms with Gasteiger partial charge in [-0.15, -0.1) is 0 Å². The molecule has 0 aromatic heterocycles. The molecule has 4 aliphatic rings. The second kappa shape index (κ2) is 10.6. The van der Waals surface area contributed by atoms with Crippen LogP contribution in [0.5, 0.6) is 0 Å². The summed E-state index contributed by atoms with van der Waals surface area (Å²) in [6, 6.07) is 4.02. The maximum atomic E-state index is 15.0. The number of amides is 1. The number of carbonyl (C=O) groups is 1. The molecule has 8 heteroatoms. The molecule has 2 bridgehead atoms. The maximum Gasteiger partial charge on any atom is 0.236 e. The number of hydrogen-bond acceptors (Lipinski definition) is 3. The van der Waals surface area contributed by atoms with Crippen LogP contribution in [0.3, 0.4) is 0 Å². The lowest BCUT2D eigenvalue weighted by atomic mass is 9.67. The molecule has 1 amide bonds. The number of hydrogen-bond donors (Lipinski definition) is 1. The average Bonchev–Trinajstić information content (AvgIpc) is 3.39. The Bertz CT molecular complexity index is 981. The van der Waals surface area contributed by atoms with E-state index in [2.05, 4.69) is 30.0 Å². The fourth-order valence-electron chi connectivity index (χ4n) is 7.85. The highest BCUT2D eigenvalue weighted by Crippen LogP contribution is 2.59. The van der Waals surface area contributed by atoms with Gasteiger partial charge in [0.15, 0.2) is 0 Å². The second-order valence-electron chi connectivity index (χ2n) is 13.1. The molecule has 208 valence electrons. The zero-order valence-corrected chi connectivity index (χ0v) is 24.6. The first-order chi connectivity index (χ1) is 17.5. The van der Waals surface area contributed by atoms with Crippen molar-refractivity contribution in [1.82, 2.24) is 9.21 Å². The number of fused-ring (bicyclic) bond motifs is 2. The molecule has 4 fully saturated rings.